The molecule has 15 heavy (non-hydrogen) atoms. The van der Waals surface area contributed by atoms with Gasteiger partial charge in [-0.2, -0.15) is 0 Å². The molecule has 0 aliphatic heterocycles. The van der Waals surface area contributed by atoms with Crippen molar-refractivity contribution in [2.24, 2.45) is 0 Å². The molecule has 0 aliphatic rings. The minimum absolute atomic E-state index is 0.163. The van der Waals surface area contributed by atoms with E-state index in [-0.39, 0.29) is 23.7 Å². The smallest absolute Gasteiger partial charge is 0.296 e. The third-order valence-corrected chi connectivity index (χ3v) is 1.77. The molecule has 0 saturated carbocycles. The predicted molar refractivity (Wildman–Crippen MR) is 54.9 cm³/mol. The van der Waals surface area contributed by atoms with Gasteiger partial charge in [-0.25, -0.2) is 0 Å². The Morgan fingerprint density at radius 1 is 1.60 bits per heavy atom. The summed E-state index contributed by atoms with van der Waals surface area (Å²) in [5.41, 5.74) is 0.0642. The summed E-state index contributed by atoms with van der Waals surface area (Å²) in [5, 5.41) is 31.4. The maximum absolute atomic E-state index is 10.6. The SMILES string of the molecule is CC(O)CNc1ccc(O)cc1[N+](=O)[O-]. The van der Waals surface area contributed by atoms with Gasteiger partial charge in [-0.1, -0.05) is 0 Å². The Hall–Kier alpha value is -1.82. The number of hydrogen-bond donors (Lipinski definition) is 3. The first-order valence-corrected chi connectivity index (χ1v) is 4.40. The fourth-order valence-electron chi connectivity index (χ4n) is 1.08. The van der Waals surface area contributed by atoms with Crippen LogP contribution in [0.1, 0.15) is 6.92 Å². The molecular weight excluding hydrogens is 200 g/mol. The zero-order valence-electron chi connectivity index (χ0n) is 8.17. The van der Waals surface area contributed by atoms with Gasteiger partial charge >= 0.3 is 0 Å². The van der Waals surface area contributed by atoms with Crippen molar-refractivity contribution in [3.8, 4) is 5.75 Å². The normalized spacial score (nSPS) is 12.1. The number of phenols is 1. The molecule has 3 N–H and O–H groups in total. The monoisotopic (exact) mass is 212 g/mol. The zero-order valence-corrected chi connectivity index (χ0v) is 8.17. The van der Waals surface area contributed by atoms with E-state index >= 15 is 0 Å². The Balaban J connectivity index is 2.91. The first kappa shape index (κ1) is 11.3. The number of nitro groups is 1. The predicted octanol–water partition coefficient (Wildman–Crippen LogP) is 1.09. The third kappa shape index (κ3) is 3.10. The lowest BCUT2D eigenvalue weighted by atomic mass is 10.2. The molecule has 0 saturated heterocycles. The number of rotatable bonds is 4. The Bertz CT molecular complexity index is 365. The van der Waals surface area contributed by atoms with E-state index in [1.165, 1.54) is 12.1 Å². The quantitative estimate of drug-likeness (QED) is 0.394. The van der Waals surface area contributed by atoms with Crippen LogP contribution in [-0.4, -0.2) is 27.8 Å². The summed E-state index contributed by atoms with van der Waals surface area (Å²) in [6, 6.07) is 3.80. The first-order valence-electron chi connectivity index (χ1n) is 4.40. The zero-order chi connectivity index (χ0) is 11.4. The molecule has 1 rings (SSSR count). The Morgan fingerprint density at radius 3 is 2.80 bits per heavy atom. The second-order valence-corrected chi connectivity index (χ2v) is 3.19. The van der Waals surface area contributed by atoms with Gasteiger partial charge in [0, 0.05) is 6.54 Å². The van der Waals surface area contributed by atoms with Gasteiger partial charge in [0.2, 0.25) is 0 Å². The number of anilines is 1. The third-order valence-electron chi connectivity index (χ3n) is 1.77. The van der Waals surface area contributed by atoms with E-state index < -0.39 is 11.0 Å². The fraction of sp³-hybridized carbons (Fsp3) is 0.333. The van der Waals surface area contributed by atoms with E-state index in [4.69, 9.17) is 10.2 Å². The van der Waals surface area contributed by atoms with Crippen LogP contribution >= 0.6 is 0 Å². The summed E-state index contributed by atoms with van der Waals surface area (Å²) >= 11 is 0. The average molecular weight is 212 g/mol. The highest BCUT2D eigenvalue weighted by atomic mass is 16.6. The number of aliphatic hydroxyl groups excluding tert-OH is 1. The Labute approximate surface area is 86.3 Å². The number of aromatic hydroxyl groups is 1. The van der Waals surface area contributed by atoms with Crippen molar-refractivity contribution in [1.82, 2.24) is 0 Å². The van der Waals surface area contributed by atoms with E-state index in [1.54, 1.807) is 6.92 Å². The van der Waals surface area contributed by atoms with Gasteiger partial charge < -0.3 is 15.5 Å². The summed E-state index contributed by atoms with van der Waals surface area (Å²) < 4.78 is 0. The molecule has 0 fully saturated rings. The highest BCUT2D eigenvalue weighted by Crippen LogP contribution is 2.28. The van der Waals surface area contributed by atoms with Crippen molar-refractivity contribution >= 4 is 11.4 Å². The Morgan fingerprint density at radius 2 is 2.27 bits per heavy atom. The van der Waals surface area contributed by atoms with Crippen molar-refractivity contribution < 1.29 is 15.1 Å². The molecule has 1 atom stereocenters. The second kappa shape index (κ2) is 4.61. The molecule has 0 bridgehead atoms. The fourth-order valence-corrected chi connectivity index (χ4v) is 1.08. The van der Waals surface area contributed by atoms with Gasteiger partial charge in [0.15, 0.2) is 0 Å². The minimum Gasteiger partial charge on any atom is -0.508 e. The number of nitrogens with zero attached hydrogens (tertiary/aromatic N) is 1. The molecular formula is C9H12N2O4. The maximum Gasteiger partial charge on any atom is 0.296 e. The average Bonchev–Trinajstić information content (AvgIpc) is 2.15. The summed E-state index contributed by atoms with van der Waals surface area (Å²) in [6.45, 7) is 1.78. The van der Waals surface area contributed by atoms with Gasteiger partial charge in [-0.15, -0.1) is 0 Å². The van der Waals surface area contributed by atoms with Crippen LogP contribution in [0.2, 0.25) is 0 Å². The van der Waals surface area contributed by atoms with Crippen molar-refractivity contribution in [2.45, 2.75) is 13.0 Å². The molecule has 1 unspecified atom stereocenters. The van der Waals surface area contributed by atoms with Gasteiger partial charge in [0.25, 0.3) is 5.69 Å². The van der Waals surface area contributed by atoms with Crippen LogP contribution in [0.25, 0.3) is 0 Å². The molecule has 0 aromatic heterocycles. The number of hydrogen-bond acceptors (Lipinski definition) is 5. The number of benzene rings is 1. The van der Waals surface area contributed by atoms with E-state index in [0.29, 0.717) is 0 Å². The Kier molecular flexibility index (Phi) is 3.46. The van der Waals surface area contributed by atoms with Crippen LogP contribution in [-0.2, 0) is 0 Å². The number of nitrogens with one attached hydrogen (secondary N) is 1. The maximum atomic E-state index is 10.6. The number of phenolic OH excluding ortho intramolecular Hbond substituents is 1. The molecule has 6 nitrogen and oxygen atoms in total. The molecule has 0 amide bonds. The summed E-state index contributed by atoms with van der Waals surface area (Å²) in [4.78, 5) is 10.0. The molecule has 82 valence electrons. The van der Waals surface area contributed by atoms with Gasteiger partial charge in [-0.05, 0) is 19.1 Å². The molecule has 0 spiro atoms. The van der Waals surface area contributed by atoms with Gasteiger partial charge in [-0.3, -0.25) is 10.1 Å². The topological polar surface area (TPSA) is 95.6 Å². The first-order chi connectivity index (χ1) is 7.00. The van der Waals surface area contributed by atoms with Crippen LogP contribution in [0.3, 0.4) is 0 Å². The number of aliphatic hydroxyl groups is 1. The molecule has 6 heteroatoms. The van der Waals surface area contributed by atoms with E-state index in [2.05, 4.69) is 5.32 Å². The van der Waals surface area contributed by atoms with Crippen LogP contribution in [0.15, 0.2) is 18.2 Å². The van der Waals surface area contributed by atoms with Crippen molar-refractivity contribution in [2.75, 3.05) is 11.9 Å². The second-order valence-electron chi connectivity index (χ2n) is 3.19. The van der Waals surface area contributed by atoms with Crippen molar-refractivity contribution in [1.29, 1.82) is 0 Å². The highest BCUT2D eigenvalue weighted by Gasteiger charge is 2.14. The molecule has 1 aromatic rings. The van der Waals surface area contributed by atoms with E-state index in [9.17, 15) is 10.1 Å². The summed E-state index contributed by atoms with van der Waals surface area (Å²) in [6.07, 6.45) is -0.599. The molecule has 1 aromatic carbocycles. The molecule has 0 heterocycles. The largest absolute Gasteiger partial charge is 0.508 e. The lowest BCUT2D eigenvalue weighted by Gasteiger charge is -2.08. The van der Waals surface area contributed by atoms with Crippen LogP contribution < -0.4 is 5.32 Å². The molecule has 0 aliphatic carbocycles. The van der Waals surface area contributed by atoms with E-state index in [1.807, 2.05) is 0 Å². The summed E-state index contributed by atoms with van der Waals surface area (Å²) in [7, 11) is 0. The highest BCUT2D eigenvalue weighted by molar-refractivity contribution is 5.63. The minimum atomic E-state index is -0.599. The van der Waals surface area contributed by atoms with Gasteiger partial charge in [0.05, 0.1) is 17.1 Å². The lowest BCUT2D eigenvalue weighted by Crippen LogP contribution is -2.15. The van der Waals surface area contributed by atoms with E-state index in [0.717, 1.165) is 6.07 Å². The number of nitro benzene ring substituents is 1. The van der Waals surface area contributed by atoms with Crippen LogP contribution in [0, 0.1) is 10.1 Å². The van der Waals surface area contributed by atoms with Crippen molar-refractivity contribution in [3.63, 3.8) is 0 Å². The summed E-state index contributed by atoms with van der Waals surface area (Å²) in [5.74, 6) is -0.163. The van der Waals surface area contributed by atoms with Gasteiger partial charge in [0.1, 0.15) is 11.4 Å². The lowest BCUT2D eigenvalue weighted by molar-refractivity contribution is -0.384. The van der Waals surface area contributed by atoms with Crippen LogP contribution in [0.5, 0.6) is 5.75 Å². The van der Waals surface area contributed by atoms with Crippen molar-refractivity contribution in [3.05, 3.63) is 28.3 Å². The van der Waals surface area contributed by atoms with Crippen LogP contribution in [0.4, 0.5) is 11.4 Å². The molecule has 0 radical (unpaired) electrons. The standard InChI is InChI=1S/C9H12N2O4/c1-6(12)5-10-8-3-2-7(13)4-9(8)11(14)15/h2-4,6,10,12-13H,5H2,1H3.